The second-order valence-corrected chi connectivity index (χ2v) is 4.30. The van der Waals surface area contributed by atoms with Gasteiger partial charge in [0.15, 0.2) is 0 Å². The molecule has 2 rings (SSSR count). The van der Waals surface area contributed by atoms with Crippen LogP contribution in [-0.2, 0) is 6.42 Å². The fourth-order valence-corrected chi connectivity index (χ4v) is 2.07. The van der Waals surface area contributed by atoms with Gasteiger partial charge in [-0.05, 0) is 35.3 Å². The van der Waals surface area contributed by atoms with E-state index in [0.717, 1.165) is 18.6 Å². The van der Waals surface area contributed by atoms with Crippen LogP contribution in [-0.4, -0.2) is 5.75 Å². The topological polar surface area (TPSA) is 0 Å². The SMILES string of the molecule is SCCCc1ccccc1-c1ccccc1. The van der Waals surface area contributed by atoms with Gasteiger partial charge in [-0.25, -0.2) is 0 Å². The van der Waals surface area contributed by atoms with Gasteiger partial charge in [-0.2, -0.15) is 12.6 Å². The van der Waals surface area contributed by atoms with Crippen molar-refractivity contribution in [1.82, 2.24) is 0 Å². The second kappa shape index (κ2) is 5.76. The fraction of sp³-hybridized carbons (Fsp3) is 0.200. The molecule has 0 nitrogen and oxygen atoms in total. The molecule has 0 saturated heterocycles. The third-order valence-corrected chi connectivity index (χ3v) is 3.02. The zero-order chi connectivity index (χ0) is 11.2. The molecule has 2 aromatic rings. The molecule has 2 aromatic carbocycles. The van der Waals surface area contributed by atoms with Crippen LogP contribution in [0.5, 0.6) is 0 Å². The Kier molecular flexibility index (Phi) is 4.06. The molecule has 0 aliphatic heterocycles. The number of hydrogen-bond acceptors (Lipinski definition) is 1. The van der Waals surface area contributed by atoms with Gasteiger partial charge in [-0.3, -0.25) is 0 Å². The van der Waals surface area contributed by atoms with Gasteiger partial charge in [-0.1, -0.05) is 54.6 Å². The Hall–Kier alpha value is -1.21. The fourth-order valence-electron chi connectivity index (χ4n) is 1.91. The van der Waals surface area contributed by atoms with E-state index in [1.54, 1.807) is 0 Å². The zero-order valence-corrected chi connectivity index (χ0v) is 10.2. The van der Waals surface area contributed by atoms with E-state index < -0.39 is 0 Å². The minimum Gasteiger partial charge on any atom is -0.179 e. The van der Waals surface area contributed by atoms with Crippen LogP contribution in [0, 0.1) is 0 Å². The van der Waals surface area contributed by atoms with Crippen LogP contribution >= 0.6 is 12.6 Å². The Labute approximate surface area is 103 Å². The Morgan fingerprint density at radius 1 is 0.812 bits per heavy atom. The van der Waals surface area contributed by atoms with Crippen molar-refractivity contribution in [3.8, 4) is 11.1 Å². The molecule has 0 N–H and O–H groups in total. The predicted octanol–water partition coefficient (Wildman–Crippen LogP) is 4.22. The number of aryl methyl sites for hydroxylation is 1. The first-order chi connectivity index (χ1) is 7.92. The summed E-state index contributed by atoms with van der Waals surface area (Å²) in [4.78, 5) is 0. The lowest BCUT2D eigenvalue weighted by Crippen LogP contribution is -1.90. The number of benzene rings is 2. The van der Waals surface area contributed by atoms with Gasteiger partial charge in [-0.15, -0.1) is 0 Å². The van der Waals surface area contributed by atoms with Crippen molar-refractivity contribution in [3.05, 3.63) is 60.2 Å². The quantitative estimate of drug-likeness (QED) is 0.744. The first-order valence-corrected chi connectivity index (χ1v) is 6.29. The normalized spacial score (nSPS) is 10.3. The van der Waals surface area contributed by atoms with Gasteiger partial charge >= 0.3 is 0 Å². The first-order valence-electron chi connectivity index (χ1n) is 5.66. The summed E-state index contributed by atoms with van der Waals surface area (Å²) in [5.74, 6) is 0.948. The van der Waals surface area contributed by atoms with Crippen molar-refractivity contribution in [3.63, 3.8) is 0 Å². The largest absolute Gasteiger partial charge is 0.179 e. The summed E-state index contributed by atoms with van der Waals surface area (Å²) in [6, 6.07) is 19.2. The van der Waals surface area contributed by atoms with Gasteiger partial charge in [0.1, 0.15) is 0 Å². The van der Waals surface area contributed by atoms with Crippen molar-refractivity contribution < 1.29 is 0 Å². The zero-order valence-electron chi connectivity index (χ0n) is 9.26. The highest BCUT2D eigenvalue weighted by atomic mass is 32.1. The van der Waals surface area contributed by atoms with Crippen LogP contribution in [0.2, 0.25) is 0 Å². The Bertz CT molecular complexity index is 434. The van der Waals surface area contributed by atoms with Crippen LogP contribution in [0.25, 0.3) is 11.1 Å². The van der Waals surface area contributed by atoms with Gasteiger partial charge < -0.3 is 0 Å². The van der Waals surface area contributed by atoms with Gasteiger partial charge in [0, 0.05) is 0 Å². The molecule has 0 fully saturated rings. The predicted molar refractivity (Wildman–Crippen MR) is 74.1 cm³/mol. The maximum Gasteiger partial charge on any atom is -0.00947 e. The van der Waals surface area contributed by atoms with E-state index in [1.165, 1.54) is 16.7 Å². The molecule has 0 atom stereocenters. The Balaban J connectivity index is 2.33. The average Bonchev–Trinajstić information content (AvgIpc) is 2.38. The number of hydrogen-bond donors (Lipinski definition) is 1. The van der Waals surface area contributed by atoms with Gasteiger partial charge in [0.05, 0.1) is 0 Å². The first kappa shape index (κ1) is 11.3. The van der Waals surface area contributed by atoms with E-state index in [-0.39, 0.29) is 0 Å². The molecule has 0 heterocycles. The number of thiol groups is 1. The van der Waals surface area contributed by atoms with Crippen LogP contribution in [0.1, 0.15) is 12.0 Å². The lowest BCUT2D eigenvalue weighted by molar-refractivity contribution is 0.938. The molecule has 82 valence electrons. The summed E-state index contributed by atoms with van der Waals surface area (Å²) in [5, 5.41) is 0. The summed E-state index contributed by atoms with van der Waals surface area (Å²) in [7, 11) is 0. The van der Waals surface area contributed by atoms with E-state index in [1.807, 2.05) is 0 Å². The van der Waals surface area contributed by atoms with E-state index >= 15 is 0 Å². The molecule has 0 aromatic heterocycles. The summed E-state index contributed by atoms with van der Waals surface area (Å²) >= 11 is 4.27. The third kappa shape index (κ3) is 2.67. The Morgan fingerprint density at radius 2 is 1.50 bits per heavy atom. The molecule has 0 saturated carbocycles. The van der Waals surface area contributed by atoms with Crippen molar-refractivity contribution in [1.29, 1.82) is 0 Å². The summed E-state index contributed by atoms with van der Waals surface area (Å²) in [5.41, 5.74) is 4.07. The molecule has 0 radical (unpaired) electrons. The molecule has 0 bridgehead atoms. The maximum atomic E-state index is 4.27. The molecular weight excluding hydrogens is 212 g/mol. The molecule has 0 aliphatic rings. The molecule has 16 heavy (non-hydrogen) atoms. The second-order valence-electron chi connectivity index (χ2n) is 3.85. The smallest absolute Gasteiger partial charge is 0.00947 e. The molecular formula is C15H16S. The Morgan fingerprint density at radius 3 is 2.25 bits per heavy atom. The van der Waals surface area contributed by atoms with E-state index in [9.17, 15) is 0 Å². The summed E-state index contributed by atoms with van der Waals surface area (Å²) < 4.78 is 0. The molecule has 0 amide bonds. The lowest BCUT2D eigenvalue weighted by atomic mass is 9.97. The standard InChI is InChI=1S/C15H16S/c16-12-6-10-14-9-4-5-11-15(14)13-7-2-1-3-8-13/h1-5,7-9,11,16H,6,10,12H2. The van der Waals surface area contributed by atoms with E-state index in [2.05, 4.69) is 67.2 Å². The summed E-state index contributed by atoms with van der Waals surface area (Å²) in [6.07, 6.45) is 2.24. The van der Waals surface area contributed by atoms with Crippen LogP contribution < -0.4 is 0 Å². The molecule has 0 unspecified atom stereocenters. The monoisotopic (exact) mass is 228 g/mol. The molecule has 0 spiro atoms. The van der Waals surface area contributed by atoms with Gasteiger partial charge in [0.25, 0.3) is 0 Å². The summed E-state index contributed by atoms with van der Waals surface area (Å²) in [6.45, 7) is 0. The van der Waals surface area contributed by atoms with Crippen LogP contribution in [0.15, 0.2) is 54.6 Å². The van der Waals surface area contributed by atoms with Crippen molar-refractivity contribution in [2.45, 2.75) is 12.8 Å². The highest BCUT2D eigenvalue weighted by Crippen LogP contribution is 2.24. The van der Waals surface area contributed by atoms with Crippen molar-refractivity contribution in [2.75, 3.05) is 5.75 Å². The van der Waals surface area contributed by atoms with Crippen molar-refractivity contribution >= 4 is 12.6 Å². The lowest BCUT2D eigenvalue weighted by Gasteiger charge is -2.08. The highest BCUT2D eigenvalue weighted by molar-refractivity contribution is 7.80. The van der Waals surface area contributed by atoms with Crippen LogP contribution in [0.3, 0.4) is 0 Å². The average molecular weight is 228 g/mol. The third-order valence-electron chi connectivity index (χ3n) is 2.71. The van der Waals surface area contributed by atoms with Crippen LogP contribution in [0.4, 0.5) is 0 Å². The number of rotatable bonds is 4. The highest BCUT2D eigenvalue weighted by Gasteiger charge is 2.02. The molecule has 0 aliphatic carbocycles. The van der Waals surface area contributed by atoms with E-state index in [0.29, 0.717) is 0 Å². The maximum absolute atomic E-state index is 4.27. The minimum atomic E-state index is 0.948. The van der Waals surface area contributed by atoms with E-state index in [4.69, 9.17) is 0 Å². The molecule has 1 heteroatoms. The van der Waals surface area contributed by atoms with Crippen molar-refractivity contribution in [2.24, 2.45) is 0 Å². The minimum absolute atomic E-state index is 0.948. The van der Waals surface area contributed by atoms with Gasteiger partial charge in [0.2, 0.25) is 0 Å².